The fraction of sp³-hybridized carbons (Fsp3) is 0.632. The van der Waals surface area contributed by atoms with E-state index in [1.807, 2.05) is 21.7 Å². The maximum Gasteiger partial charge on any atom is 0.274 e. The van der Waals surface area contributed by atoms with E-state index in [1.165, 1.54) is 0 Å². The van der Waals surface area contributed by atoms with E-state index in [4.69, 9.17) is 9.26 Å². The van der Waals surface area contributed by atoms with Gasteiger partial charge in [0.25, 0.3) is 5.91 Å². The van der Waals surface area contributed by atoms with Crippen molar-refractivity contribution < 1.29 is 14.1 Å². The molecule has 0 aromatic carbocycles. The van der Waals surface area contributed by atoms with Gasteiger partial charge in [-0.2, -0.15) is 5.10 Å². The number of hydrogen-bond donors (Lipinski definition) is 0. The number of carbonyl (C=O) groups is 1. The van der Waals surface area contributed by atoms with E-state index in [0.717, 1.165) is 49.7 Å². The zero-order chi connectivity index (χ0) is 18.8. The van der Waals surface area contributed by atoms with Crippen LogP contribution in [0.2, 0.25) is 0 Å². The van der Waals surface area contributed by atoms with Crippen LogP contribution in [0.15, 0.2) is 16.7 Å². The van der Waals surface area contributed by atoms with E-state index in [1.54, 1.807) is 0 Å². The van der Waals surface area contributed by atoms with Gasteiger partial charge in [0.15, 0.2) is 11.5 Å². The lowest BCUT2D eigenvalue weighted by molar-refractivity contribution is 0.0298. The molecule has 27 heavy (non-hydrogen) atoms. The van der Waals surface area contributed by atoms with Crippen molar-refractivity contribution >= 4 is 5.91 Å². The summed E-state index contributed by atoms with van der Waals surface area (Å²) in [5.74, 6) is 1.25. The van der Waals surface area contributed by atoms with Crippen molar-refractivity contribution in [1.82, 2.24) is 24.7 Å². The maximum absolute atomic E-state index is 12.7. The molecule has 1 amide bonds. The van der Waals surface area contributed by atoms with Crippen molar-refractivity contribution in [2.24, 2.45) is 0 Å². The number of hydrogen-bond acceptors (Lipinski definition) is 6. The second kappa shape index (κ2) is 7.82. The highest BCUT2D eigenvalue weighted by Gasteiger charge is 2.24. The number of rotatable bonds is 4. The average Bonchev–Trinajstić information content (AvgIpc) is 3.25. The Labute approximate surface area is 159 Å². The van der Waals surface area contributed by atoms with Crippen LogP contribution in [0.25, 0.3) is 0 Å². The fourth-order valence-electron chi connectivity index (χ4n) is 3.59. The summed E-state index contributed by atoms with van der Waals surface area (Å²) in [6.07, 6.45) is 0.991. The summed E-state index contributed by atoms with van der Waals surface area (Å²) < 4.78 is 12.8. The minimum Gasteiger partial charge on any atom is -0.378 e. The van der Waals surface area contributed by atoms with Crippen LogP contribution in [0.3, 0.4) is 0 Å². The van der Waals surface area contributed by atoms with Crippen molar-refractivity contribution in [1.29, 1.82) is 0 Å². The van der Waals surface area contributed by atoms with Crippen LogP contribution in [-0.4, -0.2) is 63.5 Å². The standard InChI is InChI=1S/C19H27N5O3/c1-14(2)17-11-16(27-21-17)13-22-4-3-5-24-15(12-22)10-18(20-24)19(25)23-6-8-26-9-7-23/h10-11,14H,3-9,12-13H2,1-2H3. The van der Waals surface area contributed by atoms with Crippen molar-refractivity contribution in [3.05, 3.63) is 35.0 Å². The van der Waals surface area contributed by atoms with Gasteiger partial charge in [-0.25, -0.2) is 0 Å². The third-order valence-corrected chi connectivity index (χ3v) is 5.16. The summed E-state index contributed by atoms with van der Waals surface area (Å²) in [5, 5.41) is 8.73. The van der Waals surface area contributed by atoms with Gasteiger partial charge in [-0.05, 0) is 18.4 Å². The first-order chi connectivity index (χ1) is 13.1. The molecule has 8 heteroatoms. The van der Waals surface area contributed by atoms with Gasteiger partial charge in [0, 0.05) is 38.8 Å². The van der Waals surface area contributed by atoms with Crippen LogP contribution in [0.5, 0.6) is 0 Å². The topological polar surface area (TPSA) is 76.6 Å². The highest BCUT2D eigenvalue weighted by atomic mass is 16.5. The van der Waals surface area contributed by atoms with E-state index in [9.17, 15) is 4.79 Å². The lowest BCUT2D eigenvalue weighted by Gasteiger charge is -2.26. The molecule has 8 nitrogen and oxygen atoms in total. The smallest absolute Gasteiger partial charge is 0.274 e. The van der Waals surface area contributed by atoms with E-state index in [-0.39, 0.29) is 5.91 Å². The number of amides is 1. The fourth-order valence-corrected chi connectivity index (χ4v) is 3.59. The highest BCUT2D eigenvalue weighted by molar-refractivity contribution is 5.92. The van der Waals surface area contributed by atoms with Crippen LogP contribution in [0.4, 0.5) is 0 Å². The van der Waals surface area contributed by atoms with Gasteiger partial charge < -0.3 is 14.2 Å². The molecule has 4 heterocycles. The van der Waals surface area contributed by atoms with Gasteiger partial charge >= 0.3 is 0 Å². The van der Waals surface area contributed by atoms with Gasteiger partial charge in [-0.3, -0.25) is 14.4 Å². The van der Waals surface area contributed by atoms with E-state index in [2.05, 4.69) is 29.0 Å². The molecule has 1 saturated heterocycles. The summed E-state index contributed by atoms with van der Waals surface area (Å²) in [6.45, 7) is 9.96. The van der Waals surface area contributed by atoms with Crippen LogP contribution < -0.4 is 0 Å². The predicted molar refractivity (Wildman–Crippen MR) is 98.3 cm³/mol. The SMILES string of the molecule is CC(C)c1cc(CN2CCCn3nc(C(=O)N4CCOCC4)cc3C2)on1. The second-order valence-corrected chi connectivity index (χ2v) is 7.59. The summed E-state index contributed by atoms with van der Waals surface area (Å²) in [5.41, 5.74) is 2.60. The minimum atomic E-state index is 0.00207. The molecule has 0 bridgehead atoms. The first-order valence-electron chi connectivity index (χ1n) is 9.72. The molecule has 0 aliphatic carbocycles. The number of aromatic nitrogens is 3. The molecule has 2 aromatic heterocycles. The molecule has 1 fully saturated rings. The van der Waals surface area contributed by atoms with Crippen molar-refractivity contribution in [2.45, 2.75) is 45.8 Å². The lowest BCUT2D eigenvalue weighted by Crippen LogP contribution is -2.40. The molecule has 2 aromatic rings. The molecular formula is C19H27N5O3. The largest absolute Gasteiger partial charge is 0.378 e. The monoisotopic (exact) mass is 373 g/mol. The second-order valence-electron chi connectivity index (χ2n) is 7.59. The molecule has 2 aliphatic rings. The number of fused-ring (bicyclic) bond motifs is 1. The van der Waals surface area contributed by atoms with E-state index >= 15 is 0 Å². The zero-order valence-electron chi connectivity index (χ0n) is 16.1. The summed E-state index contributed by atoms with van der Waals surface area (Å²) >= 11 is 0. The molecule has 4 rings (SSSR count). The predicted octanol–water partition coefficient (Wildman–Crippen LogP) is 1.87. The van der Waals surface area contributed by atoms with Crippen LogP contribution in [0, 0.1) is 0 Å². The quantitative estimate of drug-likeness (QED) is 0.814. The van der Waals surface area contributed by atoms with Gasteiger partial charge in [-0.1, -0.05) is 19.0 Å². The maximum atomic E-state index is 12.7. The molecule has 146 valence electrons. The number of morpholine rings is 1. The third-order valence-electron chi connectivity index (χ3n) is 5.16. The normalized spacial score (nSPS) is 18.6. The Morgan fingerprint density at radius 1 is 1.19 bits per heavy atom. The summed E-state index contributed by atoms with van der Waals surface area (Å²) in [7, 11) is 0. The molecule has 2 aliphatic heterocycles. The van der Waals surface area contributed by atoms with Gasteiger partial charge in [0.1, 0.15) is 0 Å². The van der Waals surface area contributed by atoms with Crippen LogP contribution in [0.1, 0.15) is 53.8 Å². The summed E-state index contributed by atoms with van der Waals surface area (Å²) in [6, 6.07) is 3.98. The molecule has 0 spiro atoms. The Balaban J connectivity index is 1.45. The first kappa shape index (κ1) is 18.2. The molecule has 0 N–H and O–H groups in total. The zero-order valence-corrected chi connectivity index (χ0v) is 16.1. The number of carbonyl (C=O) groups excluding carboxylic acids is 1. The average molecular weight is 373 g/mol. The third kappa shape index (κ3) is 4.06. The number of ether oxygens (including phenoxy) is 1. The van der Waals surface area contributed by atoms with E-state index in [0.29, 0.717) is 37.9 Å². The molecular weight excluding hydrogens is 346 g/mol. The highest BCUT2D eigenvalue weighted by Crippen LogP contribution is 2.20. The first-order valence-corrected chi connectivity index (χ1v) is 9.72. The van der Waals surface area contributed by atoms with Crippen molar-refractivity contribution in [3.8, 4) is 0 Å². The van der Waals surface area contributed by atoms with Gasteiger partial charge in [0.2, 0.25) is 0 Å². The Kier molecular flexibility index (Phi) is 5.27. The Hall–Kier alpha value is -2.19. The Bertz CT molecular complexity index is 791. The van der Waals surface area contributed by atoms with Gasteiger partial charge in [0.05, 0.1) is 31.1 Å². The van der Waals surface area contributed by atoms with E-state index < -0.39 is 0 Å². The lowest BCUT2D eigenvalue weighted by atomic mass is 10.1. The summed E-state index contributed by atoms with van der Waals surface area (Å²) in [4.78, 5) is 16.9. The molecule has 0 radical (unpaired) electrons. The molecule has 0 atom stereocenters. The number of aryl methyl sites for hydroxylation is 1. The van der Waals surface area contributed by atoms with Crippen LogP contribution >= 0.6 is 0 Å². The van der Waals surface area contributed by atoms with Gasteiger partial charge in [-0.15, -0.1) is 0 Å². The number of nitrogens with zero attached hydrogens (tertiary/aromatic N) is 5. The minimum absolute atomic E-state index is 0.00207. The van der Waals surface area contributed by atoms with Crippen molar-refractivity contribution in [2.75, 3.05) is 32.8 Å². The Morgan fingerprint density at radius 2 is 2.00 bits per heavy atom. The molecule has 0 saturated carbocycles. The Morgan fingerprint density at radius 3 is 2.74 bits per heavy atom. The van der Waals surface area contributed by atoms with Crippen molar-refractivity contribution in [3.63, 3.8) is 0 Å². The van der Waals surface area contributed by atoms with Crippen LogP contribution in [-0.2, 0) is 24.4 Å². The molecule has 0 unspecified atom stereocenters.